The lowest BCUT2D eigenvalue weighted by Gasteiger charge is -2.20. The lowest BCUT2D eigenvalue weighted by atomic mass is 9.95. The van der Waals surface area contributed by atoms with E-state index < -0.39 is 0 Å². The molecule has 0 unspecified atom stereocenters. The average Bonchev–Trinajstić information content (AvgIpc) is 3.21. The molecule has 2 heterocycles. The second-order valence-electron chi connectivity index (χ2n) is 7.74. The fourth-order valence-corrected chi connectivity index (χ4v) is 4.85. The molecule has 146 valence electrons. The van der Waals surface area contributed by atoms with E-state index in [0.717, 1.165) is 40.8 Å². The number of nitrogens with one attached hydrogen (secondary N) is 1. The van der Waals surface area contributed by atoms with Crippen molar-refractivity contribution in [1.29, 1.82) is 0 Å². The van der Waals surface area contributed by atoms with Gasteiger partial charge < -0.3 is 5.32 Å². The Kier molecular flexibility index (Phi) is 4.13. The predicted molar refractivity (Wildman–Crippen MR) is 129 cm³/mol. The maximum Gasteiger partial charge on any atom is 0.145 e. The van der Waals surface area contributed by atoms with Crippen molar-refractivity contribution in [3.63, 3.8) is 0 Å². The highest BCUT2D eigenvalue weighted by Crippen LogP contribution is 2.39. The van der Waals surface area contributed by atoms with E-state index in [2.05, 4.69) is 105 Å². The van der Waals surface area contributed by atoms with Gasteiger partial charge >= 0.3 is 0 Å². The first-order valence-corrected chi connectivity index (χ1v) is 11.1. The van der Waals surface area contributed by atoms with Crippen LogP contribution in [0.4, 0.5) is 0 Å². The summed E-state index contributed by atoms with van der Waals surface area (Å²) in [6.07, 6.45) is 13.2. The summed E-state index contributed by atoms with van der Waals surface area (Å²) < 4.78 is 3.43. The van der Waals surface area contributed by atoms with Crippen LogP contribution >= 0.6 is 15.9 Å². The molecule has 3 nitrogen and oxygen atoms in total. The van der Waals surface area contributed by atoms with Crippen LogP contribution in [0.3, 0.4) is 0 Å². The molecule has 0 spiro atoms. The molecule has 0 atom stereocenters. The van der Waals surface area contributed by atoms with E-state index in [-0.39, 0.29) is 0 Å². The zero-order chi connectivity index (χ0) is 20.1. The summed E-state index contributed by atoms with van der Waals surface area (Å²) >= 11 is 3.56. The molecule has 2 aliphatic rings. The van der Waals surface area contributed by atoms with Crippen molar-refractivity contribution >= 4 is 49.5 Å². The Morgan fingerprint density at radius 1 is 0.933 bits per heavy atom. The van der Waals surface area contributed by atoms with Crippen LogP contribution in [0.5, 0.6) is 0 Å². The summed E-state index contributed by atoms with van der Waals surface area (Å²) in [5.41, 5.74) is 7.19. The molecule has 0 amide bonds. The van der Waals surface area contributed by atoms with E-state index >= 15 is 0 Å². The predicted octanol–water partition coefficient (Wildman–Crippen LogP) is 6.88. The molecule has 0 radical (unpaired) electrons. The van der Waals surface area contributed by atoms with Crippen molar-refractivity contribution in [3.8, 4) is 11.4 Å². The Hall–Kier alpha value is -3.11. The van der Waals surface area contributed by atoms with Crippen molar-refractivity contribution in [2.24, 2.45) is 0 Å². The van der Waals surface area contributed by atoms with Crippen molar-refractivity contribution in [3.05, 3.63) is 88.6 Å². The quantitative estimate of drug-likeness (QED) is 0.358. The minimum Gasteiger partial charge on any atom is -0.387 e. The Labute approximate surface area is 183 Å². The van der Waals surface area contributed by atoms with Crippen LogP contribution in [0.1, 0.15) is 24.0 Å². The third kappa shape index (κ3) is 2.67. The standard InChI is InChI=1S/C26H20BrN3/c27-18-12-10-17(11-13-18)26-29-24-22-9-5-4-8-20(22)21-14-15-28-16-23(21)25(24)30(26)19-6-2-1-3-7-19/h2,4-15,28H,1,3,16H2. The van der Waals surface area contributed by atoms with E-state index in [1.165, 1.54) is 33.1 Å². The molecule has 6 rings (SSSR count). The van der Waals surface area contributed by atoms with E-state index in [1.54, 1.807) is 0 Å². The topological polar surface area (TPSA) is 29.9 Å². The van der Waals surface area contributed by atoms with E-state index in [0.29, 0.717) is 0 Å². The van der Waals surface area contributed by atoms with Crippen LogP contribution in [-0.2, 0) is 6.54 Å². The van der Waals surface area contributed by atoms with E-state index in [1.807, 2.05) is 0 Å². The number of allylic oxidation sites excluding steroid dienone is 4. The summed E-state index contributed by atoms with van der Waals surface area (Å²) in [6, 6.07) is 17.1. The Morgan fingerprint density at radius 2 is 1.77 bits per heavy atom. The molecule has 1 aliphatic heterocycles. The first kappa shape index (κ1) is 17.7. The largest absolute Gasteiger partial charge is 0.387 e. The number of halogens is 1. The van der Waals surface area contributed by atoms with Gasteiger partial charge in [0.1, 0.15) is 5.82 Å². The lowest BCUT2D eigenvalue weighted by molar-refractivity contribution is 0.863. The molecule has 0 saturated heterocycles. The van der Waals surface area contributed by atoms with Gasteiger partial charge in [-0.1, -0.05) is 64.5 Å². The Balaban J connectivity index is 1.79. The monoisotopic (exact) mass is 453 g/mol. The van der Waals surface area contributed by atoms with Gasteiger partial charge in [-0.2, -0.15) is 0 Å². The fourth-order valence-electron chi connectivity index (χ4n) is 4.58. The molecule has 0 bridgehead atoms. The second-order valence-corrected chi connectivity index (χ2v) is 8.65. The van der Waals surface area contributed by atoms with Crippen molar-refractivity contribution in [1.82, 2.24) is 14.9 Å². The molecule has 4 aromatic rings. The van der Waals surface area contributed by atoms with Gasteiger partial charge in [0.2, 0.25) is 0 Å². The number of fused-ring (bicyclic) bond motifs is 6. The number of hydrogen-bond acceptors (Lipinski definition) is 2. The van der Waals surface area contributed by atoms with E-state index in [4.69, 9.17) is 4.98 Å². The second kappa shape index (κ2) is 6.99. The zero-order valence-corrected chi connectivity index (χ0v) is 18.0. The van der Waals surface area contributed by atoms with Crippen LogP contribution < -0.4 is 5.32 Å². The molecule has 4 heteroatoms. The molecular weight excluding hydrogens is 434 g/mol. The number of hydrogen-bond donors (Lipinski definition) is 1. The smallest absolute Gasteiger partial charge is 0.145 e. The van der Waals surface area contributed by atoms with E-state index in [9.17, 15) is 0 Å². The number of rotatable bonds is 2. The molecule has 30 heavy (non-hydrogen) atoms. The van der Waals surface area contributed by atoms with Crippen LogP contribution in [0.2, 0.25) is 0 Å². The number of nitrogens with zero attached hydrogens (tertiary/aromatic N) is 2. The maximum atomic E-state index is 5.25. The van der Waals surface area contributed by atoms with Gasteiger partial charge in [0, 0.05) is 33.2 Å². The maximum absolute atomic E-state index is 5.25. The van der Waals surface area contributed by atoms with Gasteiger partial charge in [0.25, 0.3) is 0 Å². The minimum atomic E-state index is 0.801. The minimum absolute atomic E-state index is 0.801. The summed E-state index contributed by atoms with van der Waals surface area (Å²) in [6.45, 7) is 0.801. The molecule has 1 aromatic heterocycles. The lowest BCUT2D eigenvalue weighted by Crippen LogP contribution is -2.13. The fraction of sp³-hybridized carbons (Fsp3) is 0.115. The van der Waals surface area contributed by atoms with Crippen LogP contribution in [-0.4, -0.2) is 9.55 Å². The van der Waals surface area contributed by atoms with Gasteiger partial charge in [-0.15, -0.1) is 0 Å². The zero-order valence-electron chi connectivity index (χ0n) is 16.4. The van der Waals surface area contributed by atoms with Crippen LogP contribution in [0.15, 0.2) is 77.4 Å². The third-order valence-corrected chi connectivity index (χ3v) is 6.47. The van der Waals surface area contributed by atoms with Crippen LogP contribution in [0, 0.1) is 0 Å². The van der Waals surface area contributed by atoms with Crippen molar-refractivity contribution < 1.29 is 0 Å². The molecule has 3 aromatic carbocycles. The summed E-state index contributed by atoms with van der Waals surface area (Å²) in [7, 11) is 0. The highest BCUT2D eigenvalue weighted by Gasteiger charge is 2.23. The van der Waals surface area contributed by atoms with Crippen molar-refractivity contribution in [2.75, 3.05) is 0 Å². The van der Waals surface area contributed by atoms with Crippen molar-refractivity contribution in [2.45, 2.75) is 19.4 Å². The van der Waals surface area contributed by atoms with Gasteiger partial charge in [0.15, 0.2) is 0 Å². The molecule has 1 N–H and O–H groups in total. The van der Waals surface area contributed by atoms with Gasteiger partial charge in [-0.25, -0.2) is 4.98 Å². The number of aromatic nitrogens is 2. The van der Waals surface area contributed by atoms with Gasteiger partial charge in [-0.3, -0.25) is 4.57 Å². The first-order chi connectivity index (χ1) is 14.8. The average molecular weight is 454 g/mol. The highest BCUT2D eigenvalue weighted by atomic mass is 79.9. The van der Waals surface area contributed by atoms with Crippen LogP contribution in [0.25, 0.3) is 45.0 Å². The summed E-state index contributed by atoms with van der Waals surface area (Å²) in [5.74, 6) is 0.989. The SMILES string of the molecule is Brc1ccc(-c2nc3c4ccccc4c4c(c3n2C2=CCCC=C2)CNC=C4)cc1. The third-order valence-electron chi connectivity index (χ3n) is 5.94. The molecular formula is C26H20BrN3. The van der Waals surface area contributed by atoms with Gasteiger partial charge in [-0.05, 0) is 54.3 Å². The molecule has 0 saturated carbocycles. The first-order valence-electron chi connectivity index (χ1n) is 10.3. The summed E-state index contributed by atoms with van der Waals surface area (Å²) in [5, 5.41) is 5.89. The number of imidazole rings is 1. The Bertz CT molecular complexity index is 1390. The number of benzene rings is 3. The Morgan fingerprint density at radius 3 is 2.57 bits per heavy atom. The highest BCUT2D eigenvalue weighted by molar-refractivity contribution is 9.10. The summed E-state index contributed by atoms with van der Waals surface area (Å²) in [4.78, 5) is 5.25. The molecule has 0 fully saturated rings. The molecule has 1 aliphatic carbocycles. The normalized spacial score (nSPS) is 15.3. The van der Waals surface area contributed by atoms with Gasteiger partial charge in [0.05, 0.1) is 11.0 Å².